The maximum atomic E-state index is 12.8. The molecule has 5 aromatic rings. The monoisotopic (exact) mass is 485 g/mol. The van der Waals surface area contributed by atoms with Crippen molar-refractivity contribution in [2.75, 3.05) is 0 Å². The van der Waals surface area contributed by atoms with E-state index in [4.69, 9.17) is 5.11 Å². The quantitative estimate of drug-likeness (QED) is 0.291. The Balaban J connectivity index is 0.000000187. The largest absolute Gasteiger partial charge is 0.506 e. The van der Waals surface area contributed by atoms with Crippen LogP contribution in [0.1, 0.15) is 26.5 Å². The van der Waals surface area contributed by atoms with Gasteiger partial charge >= 0.3 is 5.97 Å². The first kappa shape index (κ1) is 24.1. The number of carbonyl (C=O) groups excluding carboxylic acids is 1. The zero-order chi connectivity index (χ0) is 25.7. The number of rotatable bonds is 4. The van der Waals surface area contributed by atoms with Gasteiger partial charge in [-0.05, 0) is 42.0 Å². The van der Waals surface area contributed by atoms with Crippen LogP contribution in [0.3, 0.4) is 0 Å². The average molecular weight is 485 g/mol. The maximum Gasteiger partial charge on any atom is 0.354 e. The number of carboxylic acid groups (broad SMARTS) is 1. The van der Waals surface area contributed by atoms with Crippen LogP contribution >= 0.6 is 0 Å². The fourth-order valence-electron chi connectivity index (χ4n) is 3.38. The minimum absolute atomic E-state index is 0.00870. The lowest BCUT2D eigenvalue weighted by atomic mass is 10.2. The molecule has 2 aromatic heterocycles. The predicted molar refractivity (Wildman–Crippen MR) is 131 cm³/mol. The van der Waals surface area contributed by atoms with E-state index < -0.39 is 5.97 Å². The van der Waals surface area contributed by atoms with E-state index in [-0.39, 0.29) is 41.2 Å². The number of pyridine rings is 2. The third-order valence-corrected chi connectivity index (χ3v) is 5.22. The highest BCUT2D eigenvalue weighted by atomic mass is 19.1. The topological polar surface area (TPSA) is 133 Å². The number of benzene rings is 3. The number of hydrogen-bond acceptors (Lipinski definition) is 6. The summed E-state index contributed by atoms with van der Waals surface area (Å²) in [4.78, 5) is 30.7. The zero-order valence-electron chi connectivity index (χ0n) is 18.7. The van der Waals surface area contributed by atoms with Crippen LogP contribution in [-0.4, -0.2) is 37.2 Å². The number of halogens is 1. The molecule has 8 nitrogen and oxygen atoms in total. The molecule has 36 heavy (non-hydrogen) atoms. The molecule has 9 heteroatoms. The van der Waals surface area contributed by atoms with E-state index in [0.29, 0.717) is 11.0 Å². The summed E-state index contributed by atoms with van der Waals surface area (Å²) in [5.41, 5.74) is 1.64. The van der Waals surface area contributed by atoms with Crippen LogP contribution in [0.15, 0.2) is 84.9 Å². The second kappa shape index (κ2) is 10.5. The first-order chi connectivity index (χ1) is 17.3. The summed E-state index contributed by atoms with van der Waals surface area (Å²) in [5, 5.41) is 32.1. The molecule has 180 valence electrons. The SMILES string of the molecule is O=C(NCc1ccc(F)cc1)c1ccc2cccc(O)c2n1.O=C(O)c1ccc2cccc(O)c2n1. The lowest BCUT2D eigenvalue weighted by Gasteiger charge is -2.06. The first-order valence-corrected chi connectivity index (χ1v) is 10.8. The summed E-state index contributed by atoms with van der Waals surface area (Å²) in [6, 6.07) is 22.2. The molecule has 4 N–H and O–H groups in total. The van der Waals surface area contributed by atoms with Gasteiger partial charge in [0, 0.05) is 17.3 Å². The molecule has 0 bridgehead atoms. The van der Waals surface area contributed by atoms with E-state index in [2.05, 4.69) is 15.3 Å². The van der Waals surface area contributed by atoms with Crippen LogP contribution in [0.25, 0.3) is 21.8 Å². The van der Waals surface area contributed by atoms with Gasteiger partial charge in [-0.3, -0.25) is 4.79 Å². The number of carbonyl (C=O) groups is 2. The number of amides is 1. The molecule has 1 amide bonds. The first-order valence-electron chi connectivity index (χ1n) is 10.8. The van der Waals surface area contributed by atoms with Crippen molar-refractivity contribution in [3.05, 3.63) is 108 Å². The van der Waals surface area contributed by atoms with Gasteiger partial charge in [0.15, 0.2) is 0 Å². The van der Waals surface area contributed by atoms with Gasteiger partial charge in [-0.25, -0.2) is 19.2 Å². The fourth-order valence-corrected chi connectivity index (χ4v) is 3.38. The van der Waals surface area contributed by atoms with Crippen molar-refractivity contribution >= 4 is 33.7 Å². The maximum absolute atomic E-state index is 12.8. The fraction of sp³-hybridized carbons (Fsp3) is 0.0370. The lowest BCUT2D eigenvalue weighted by Crippen LogP contribution is -2.23. The smallest absolute Gasteiger partial charge is 0.354 e. The number of fused-ring (bicyclic) bond motifs is 2. The molecule has 0 fully saturated rings. The predicted octanol–water partition coefficient (Wildman–Crippen LogP) is 4.65. The van der Waals surface area contributed by atoms with E-state index in [1.807, 2.05) is 6.07 Å². The Bertz CT molecular complexity index is 1570. The Hall–Kier alpha value is -5.05. The average Bonchev–Trinajstić information content (AvgIpc) is 2.88. The third-order valence-electron chi connectivity index (χ3n) is 5.22. The minimum atomic E-state index is -1.10. The number of phenolic OH excluding ortho intramolecular Hbond substituents is 2. The zero-order valence-corrected chi connectivity index (χ0v) is 18.7. The summed E-state index contributed by atoms with van der Waals surface area (Å²) in [6.07, 6.45) is 0. The van der Waals surface area contributed by atoms with Crippen LogP contribution < -0.4 is 5.32 Å². The van der Waals surface area contributed by atoms with Crippen molar-refractivity contribution in [3.8, 4) is 11.5 Å². The standard InChI is InChI=1S/C17H13FN2O2.C10H7NO3/c18-13-7-4-11(5-8-13)10-19-17(22)14-9-6-12-2-1-3-15(21)16(12)20-14;12-8-3-1-2-6-4-5-7(10(13)14)11-9(6)8/h1-9,21H,10H2,(H,19,22);1-5,12H,(H,13,14). The van der Waals surface area contributed by atoms with E-state index in [0.717, 1.165) is 16.3 Å². The molecule has 5 rings (SSSR count). The van der Waals surface area contributed by atoms with Gasteiger partial charge in [-0.1, -0.05) is 48.5 Å². The summed E-state index contributed by atoms with van der Waals surface area (Å²) in [5.74, 6) is -1.75. The molecule has 0 unspecified atom stereocenters. The number of para-hydroxylation sites is 2. The van der Waals surface area contributed by atoms with Crippen LogP contribution in [-0.2, 0) is 6.54 Å². The molecule has 0 atom stereocenters. The molecule has 0 aliphatic rings. The van der Waals surface area contributed by atoms with Crippen molar-refractivity contribution in [2.24, 2.45) is 0 Å². The molecule has 3 aromatic carbocycles. The number of aromatic hydroxyl groups is 2. The lowest BCUT2D eigenvalue weighted by molar-refractivity contribution is 0.0690. The highest BCUT2D eigenvalue weighted by molar-refractivity contribution is 5.96. The molecular formula is C27H20FN3O5. The molecule has 0 aliphatic heterocycles. The normalized spacial score (nSPS) is 10.5. The number of carboxylic acids is 1. The van der Waals surface area contributed by atoms with Gasteiger partial charge in [0.25, 0.3) is 5.91 Å². The number of nitrogens with one attached hydrogen (secondary N) is 1. The molecule has 0 radical (unpaired) electrons. The highest BCUT2D eigenvalue weighted by Gasteiger charge is 2.10. The number of hydrogen-bond donors (Lipinski definition) is 4. The molecule has 0 saturated heterocycles. The number of phenols is 2. The number of aromatic carboxylic acids is 1. The van der Waals surface area contributed by atoms with Gasteiger partial charge in [0.1, 0.15) is 39.7 Å². The molecule has 0 aliphatic carbocycles. The number of aromatic nitrogens is 2. The number of nitrogens with zero attached hydrogens (tertiary/aromatic N) is 2. The minimum Gasteiger partial charge on any atom is -0.506 e. The molecule has 0 saturated carbocycles. The van der Waals surface area contributed by atoms with Crippen molar-refractivity contribution in [1.29, 1.82) is 0 Å². The van der Waals surface area contributed by atoms with Crippen molar-refractivity contribution in [2.45, 2.75) is 6.54 Å². The summed E-state index contributed by atoms with van der Waals surface area (Å²) < 4.78 is 12.8. The highest BCUT2D eigenvalue weighted by Crippen LogP contribution is 2.23. The van der Waals surface area contributed by atoms with Gasteiger partial charge in [-0.2, -0.15) is 0 Å². The Labute approximate surface area is 204 Å². The molecular weight excluding hydrogens is 465 g/mol. The summed E-state index contributed by atoms with van der Waals surface area (Å²) in [6.45, 7) is 0.277. The summed E-state index contributed by atoms with van der Waals surface area (Å²) in [7, 11) is 0. The van der Waals surface area contributed by atoms with Crippen LogP contribution in [0.5, 0.6) is 11.5 Å². The van der Waals surface area contributed by atoms with E-state index in [9.17, 15) is 24.2 Å². The van der Waals surface area contributed by atoms with Gasteiger partial charge in [0.2, 0.25) is 0 Å². The van der Waals surface area contributed by atoms with E-state index >= 15 is 0 Å². The van der Waals surface area contributed by atoms with Gasteiger partial charge in [-0.15, -0.1) is 0 Å². The second-order valence-corrected chi connectivity index (χ2v) is 7.70. The van der Waals surface area contributed by atoms with Gasteiger partial charge < -0.3 is 20.6 Å². The van der Waals surface area contributed by atoms with Crippen LogP contribution in [0, 0.1) is 5.82 Å². The Kier molecular flexibility index (Phi) is 7.01. The Morgan fingerprint density at radius 2 is 1.25 bits per heavy atom. The third kappa shape index (κ3) is 5.53. The Morgan fingerprint density at radius 1 is 0.722 bits per heavy atom. The van der Waals surface area contributed by atoms with Crippen molar-refractivity contribution in [1.82, 2.24) is 15.3 Å². The second-order valence-electron chi connectivity index (χ2n) is 7.70. The van der Waals surface area contributed by atoms with E-state index in [1.165, 1.54) is 30.3 Å². The molecule has 0 spiro atoms. The van der Waals surface area contributed by atoms with Crippen LogP contribution in [0.4, 0.5) is 4.39 Å². The van der Waals surface area contributed by atoms with E-state index in [1.54, 1.807) is 48.5 Å². The summed E-state index contributed by atoms with van der Waals surface area (Å²) >= 11 is 0. The van der Waals surface area contributed by atoms with Crippen molar-refractivity contribution in [3.63, 3.8) is 0 Å². The van der Waals surface area contributed by atoms with Crippen LogP contribution in [0.2, 0.25) is 0 Å². The Morgan fingerprint density at radius 3 is 1.81 bits per heavy atom. The molecule has 2 heterocycles. The van der Waals surface area contributed by atoms with Crippen molar-refractivity contribution < 1.29 is 29.3 Å². The van der Waals surface area contributed by atoms with Gasteiger partial charge in [0.05, 0.1) is 0 Å².